The predicted octanol–water partition coefficient (Wildman–Crippen LogP) is 3.31. The number of hydrogen-bond donors (Lipinski definition) is 1. The second-order valence-electron chi connectivity index (χ2n) is 6.83. The summed E-state index contributed by atoms with van der Waals surface area (Å²) >= 11 is 5.98. The molecule has 7 nitrogen and oxygen atoms in total. The van der Waals surface area contributed by atoms with Gasteiger partial charge in [0.15, 0.2) is 0 Å². The number of nitrogens with one attached hydrogen (secondary N) is 1. The molecule has 3 rings (SSSR count). The molecule has 0 aromatic heterocycles. The Bertz CT molecular complexity index is 1060. The van der Waals surface area contributed by atoms with Gasteiger partial charge >= 0.3 is 5.97 Å². The van der Waals surface area contributed by atoms with Crippen molar-refractivity contribution in [2.45, 2.75) is 17.7 Å². The molecule has 160 valence electrons. The van der Waals surface area contributed by atoms with E-state index in [1.165, 1.54) is 35.7 Å². The Hall–Kier alpha value is -2.49. The first-order valence-corrected chi connectivity index (χ1v) is 11.0. The molecule has 1 fully saturated rings. The highest BCUT2D eigenvalue weighted by molar-refractivity contribution is 7.89. The molecule has 30 heavy (non-hydrogen) atoms. The molecule has 2 aromatic carbocycles. The molecule has 0 radical (unpaired) electrons. The molecule has 1 atom stereocenters. The fourth-order valence-electron chi connectivity index (χ4n) is 3.24. The maximum Gasteiger partial charge on any atom is 0.339 e. The average molecular weight is 455 g/mol. The number of esters is 1. The maximum atomic E-state index is 13.1. The number of sulfonamides is 1. The van der Waals surface area contributed by atoms with Crippen LogP contribution in [-0.2, 0) is 19.6 Å². The van der Waals surface area contributed by atoms with Crippen molar-refractivity contribution < 1.29 is 27.1 Å². The minimum atomic E-state index is -3.84. The van der Waals surface area contributed by atoms with E-state index in [2.05, 4.69) is 10.1 Å². The summed E-state index contributed by atoms with van der Waals surface area (Å²) in [5, 5.41) is 2.89. The van der Waals surface area contributed by atoms with Gasteiger partial charge in [-0.15, -0.1) is 0 Å². The fourth-order valence-corrected chi connectivity index (χ4v) is 4.96. The van der Waals surface area contributed by atoms with Crippen molar-refractivity contribution in [1.29, 1.82) is 0 Å². The molecule has 1 amide bonds. The zero-order chi connectivity index (χ0) is 21.9. The zero-order valence-electron chi connectivity index (χ0n) is 16.1. The third-order valence-electron chi connectivity index (χ3n) is 4.85. The van der Waals surface area contributed by atoms with Crippen molar-refractivity contribution in [1.82, 2.24) is 4.31 Å². The van der Waals surface area contributed by atoms with Crippen LogP contribution in [0.5, 0.6) is 0 Å². The van der Waals surface area contributed by atoms with Crippen LogP contribution in [0.15, 0.2) is 47.4 Å². The minimum Gasteiger partial charge on any atom is -0.465 e. The number of hydrogen-bond acceptors (Lipinski definition) is 5. The van der Waals surface area contributed by atoms with Crippen molar-refractivity contribution in [2.75, 3.05) is 25.5 Å². The summed E-state index contributed by atoms with van der Waals surface area (Å²) < 4.78 is 44.7. The monoisotopic (exact) mass is 454 g/mol. The smallest absolute Gasteiger partial charge is 0.339 e. The van der Waals surface area contributed by atoms with Gasteiger partial charge in [-0.25, -0.2) is 17.6 Å². The maximum absolute atomic E-state index is 13.1. The van der Waals surface area contributed by atoms with Gasteiger partial charge in [0.1, 0.15) is 5.82 Å². The quantitative estimate of drug-likeness (QED) is 0.700. The second kappa shape index (κ2) is 9.11. The lowest BCUT2D eigenvalue weighted by Gasteiger charge is -2.31. The van der Waals surface area contributed by atoms with Crippen LogP contribution in [0, 0.1) is 11.7 Å². The number of anilines is 1. The Morgan fingerprint density at radius 1 is 1.20 bits per heavy atom. The predicted molar refractivity (Wildman–Crippen MR) is 109 cm³/mol. The summed E-state index contributed by atoms with van der Waals surface area (Å²) in [6.07, 6.45) is 1.02. The molecule has 2 aromatic rings. The summed E-state index contributed by atoms with van der Waals surface area (Å²) in [6.45, 7) is 0.278. The topological polar surface area (TPSA) is 92.8 Å². The fraction of sp³-hybridized carbons (Fsp3) is 0.300. The molecule has 0 aliphatic carbocycles. The highest BCUT2D eigenvalue weighted by Crippen LogP contribution is 2.26. The summed E-state index contributed by atoms with van der Waals surface area (Å²) in [7, 11) is -2.61. The van der Waals surface area contributed by atoms with Crippen molar-refractivity contribution in [3.63, 3.8) is 0 Å². The van der Waals surface area contributed by atoms with Gasteiger partial charge < -0.3 is 10.1 Å². The number of piperidine rings is 1. The third-order valence-corrected chi connectivity index (χ3v) is 7.05. The van der Waals surface area contributed by atoms with Gasteiger partial charge in [0.05, 0.1) is 28.5 Å². The molecule has 1 saturated heterocycles. The van der Waals surface area contributed by atoms with E-state index in [4.69, 9.17) is 11.6 Å². The van der Waals surface area contributed by atoms with Crippen LogP contribution < -0.4 is 5.32 Å². The minimum absolute atomic E-state index is 0.00297. The number of carbonyl (C=O) groups is 2. The number of amides is 1. The molecule has 1 aliphatic heterocycles. The largest absolute Gasteiger partial charge is 0.465 e. The summed E-state index contributed by atoms with van der Waals surface area (Å²) in [5.74, 6) is -2.11. The molecule has 10 heteroatoms. The van der Waals surface area contributed by atoms with Gasteiger partial charge in [0.2, 0.25) is 15.9 Å². The van der Waals surface area contributed by atoms with Crippen LogP contribution in [0.3, 0.4) is 0 Å². The van der Waals surface area contributed by atoms with Crippen molar-refractivity contribution in [3.05, 3.63) is 58.9 Å². The van der Waals surface area contributed by atoms with E-state index < -0.39 is 27.7 Å². The molecule has 1 N–H and O–H groups in total. The van der Waals surface area contributed by atoms with Crippen molar-refractivity contribution >= 4 is 39.2 Å². The SMILES string of the molecule is COC(=O)c1cc(NC(=O)[C@@H]2CCCN(S(=O)(=O)c3ccc(F)cc3)C2)ccc1Cl. The van der Waals surface area contributed by atoms with Crippen LogP contribution in [0.4, 0.5) is 10.1 Å². The van der Waals surface area contributed by atoms with E-state index in [0.29, 0.717) is 18.5 Å². The molecule has 0 unspecified atom stereocenters. The first-order valence-electron chi connectivity index (χ1n) is 9.17. The normalized spacial score (nSPS) is 17.4. The van der Waals surface area contributed by atoms with Crippen LogP contribution in [0.25, 0.3) is 0 Å². The standard InChI is InChI=1S/C20H20ClFN2O5S/c1-29-20(26)17-11-15(6-9-18(17)21)23-19(25)13-3-2-10-24(12-13)30(27,28)16-7-4-14(22)5-8-16/h4-9,11,13H,2-3,10,12H2,1H3,(H,23,25)/t13-/m1/s1. The Labute approximate surface area is 178 Å². The van der Waals surface area contributed by atoms with E-state index in [9.17, 15) is 22.4 Å². The molecule has 0 saturated carbocycles. The molecule has 1 aliphatic rings. The van der Waals surface area contributed by atoms with Gasteiger partial charge in [0.25, 0.3) is 0 Å². The van der Waals surface area contributed by atoms with Gasteiger partial charge in [-0.2, -0.15) is 4.31 Å². The van der Waals surface area contributed by atoms with Gasteiger partial charge in [-0.3, -0.25) is 4.79 Å². The number of halogens is 2. The number of nitrogens with zero attached hydrogens (tertiary/aromatic N) is 1. The second-order valence-corrected chi connectivity index (χ2v) is 9.18. The van der Waals surface area contributed by atoms with Gasteiger partial charge in [0, 0.05) is 18.8 Å². The highest BCUT2D eigenvalue weighted by Gasteiger charge is 2.33. The van der Waals surface area contributed by atoms with Crippen molar-refractivity contribution in [3.8, 4) is 0 Å². The highest BCUT2D eigenvalue weighted by atomic mass is 35.5. The summed E-state index contributed by atoms with van der Waals surface area (Å²) in [6, 6.07) is 8.99. The zero-order valence-corrected chi connectivity index (χ0v) is 17.7. The molecule has 0 bridgehead atoms. The Morgan fingerprint density at radius 2 is 1.90 bits per heavy atom. The Balaban J connectivity index is 1.73. The Morgan fingerprint density at radius 3 is 2.57 bits per heavy atom. The number of ether oxygens (including phenoxy) is 1. The lowest BCUT2D eigenvalue weighted by Crippen LogP contribution is -2.43. The summed E-state index contributed by atoms with van der Waals surface area (Å²) in [4.78, 5) is 24.5. The number of benzene rings is 2. The number of methoxy groups -OCH3 is 1. The molecule has 0 spiro atoms. The van der Waals surface area contributed by atoms with E-state index in [0.717, 1.165) is 12.1 Å². The number of rotatable bonds is 5. The van der Waals surface area contributed by atoms with E-state index in [1.54, 1.807) is 6.07 Å². The molecular weight excluding hydrogens is 435 g/mol. The van der Waals surface area contributed by atoms with Gasteiger partial charge in [-0.1, -0.05) is 11.6 Å². The molecule has 1 heterocycles. The third kappa shape index (κ3) is 4.80. The number of carbonyl (C=O) groups excluding carboxylic acids is 2. The van der Waals surface area contributed by atoms with Gasteiger partial charge in [-0.05, 0) is 55.3 Å². The van der Waals surface area contributed by atoms with Crippen LogP contribution in [0.1, 0.15) is 23.2 Å². The van der Waals surface area contributed by atoms with E-state index >= 15 is 0 Å². The average Bonchev–Trinajstić information content (AvgIpc) is 2.75. The van der Waals surface area contributed by atoms with E-state index in [-0.39, 0.29) is 34.5 Å². The van der Waals surface area contributed by atoms with Crippen LogP contribution in [0.2, 0.25) is 5.02 Å². The lowest BCUT2D eigenvalue weighted by molar-refractivity contribution is -0.120. The molecular formula is C20H20ClFN2O5S. The van der Waals surface area contributed by atoms with Crippen molar-refractivity contribution in [2.24, 2.45) is 5.92 Å². The van der Waals surface area contributed by atoms with Crippen LogP contribution in [-0.4, -0.2) is 44.8 Å². The van der Waals surface area contributed by atoms with Crippen LogP contribution >= 0.6 is 11.6 Å². The van der Waals surface area contributed by atoms with E-state index in [1.807, 2.05) is 0 Å². The first-order chi connectivity index (χ1) is 14.2. The summed E-state index contributed by atoms with van der Waals surface area (Å²) in [5.41, 5.74) is 0.462. The Kier molecular flexibility index (Phi) is 6.74. The lowest BCUT2D eigenvalue weighted by atomic mass is 9.98. The first kappa shape index (κ1) is 22.2.